The van der Waals surface area contributed by atoms with Gasteiger partial charge < -0.3 is 5.11 Å². The third kappa shape index (κ3) is 4.91. The largest absolute Gasteiger partial charge is 0.396 e. The number of aliphatic hydroxyl groups excluding tert-OH is 1. The lowest BCUT2D eigenvalue weighted by molar-refractivity contribution is 0.201. The van der Waals surface area contributed by atoms with Crippen LogP contribution >= 0.6 is 0 Å². The molecule has 1 heterocycles. The zero-order valence-electron chi connectivity index (χ0n) is 10.7. The Morgan fingerprint density at radius 1 is 1.47 bits per heavy atom. The minimum Gasteiger partial charge on any atom is -0.396 e. The summed E-state index contributed by atoms with van der Waals surface area (Å²) < 4.78 is 28.1. The van der Waals surface area contributed by atoms with E-state index in [2.05, 4.69) is 4.72 Å². The van der Waals surface area contributed by atoms with Gasteiger partial charge in [-0.05, 0) is 31.1 Å². The molecular formula is C11H24N2O3S. The molecule has 1 aliphatic rings. The lowest BCUT2D eigenvalue weighted by Gasteiger charge is -2.31. The molecule has 0 aliphatic carbocycles. The van der Waals surface area contributed by atoms with Crippen LogP contribution in [0.5, 0.6) is 0 Å². The van der Waals surface area contributed by atoms with Gasteiger partial charge in [-0.15, -0.1) is 0 Å². The van der Waals surface area contributed by atoms with E-state index in [1.54, 1.807) is 0 Å². The van der Waals surface area contributed by atoms with Crippen molar-refractivity contribution < 1.29 is 13.5 Å². The van der Waals surface area contributed by atoms with Gasteiger partial charge in [0.2, 0.25) is 0 Å². The van der Waals surface area contributed by atoms with Gasteiger partial charge in [0.15, 0.2) is 0 Å². The molecule has 1 unspecified atom stereocenters. The van der Waals surface area contributed by atoms with E-state index in [9.17, 15) is 8.42 Å². The molecule has 1 aliphatic heterocycles. The summed E-state index contributed by atoms with van der Waals surface area (Å²) in [4.78, 5) is 0. The Morgan fingerprint density at radius 2 is 2.18 bits per heavy atom. The first-order valence-electron chi connectivity index (χ1n) is 6.31. The summed E-state index contributed by atoms with van der Waals surface area (Å²) in [5.74, 6) is 0.604. The summed E-state index contributed by atoms with van der Waals surface area (Å²) in [6.45, 7) is 5.70. The van der Waals surface area contributed by atoms with Crippen molar-refractivity contribution in [3.63, 3.8) is 0 Å². The van der Waals surface area contributed by atoms with E-state index in [0.29, 0.717) is 37.9 Å². The number of nitrogens with one attached hydrogen (secondary N) is 1. The first kappa shape index (κ1) is 14.9. The van der Waals surface area contributed by atoms with Gasteiger partial charge in [0, 0.05) is 26.2 Å². The molecule has 0 aromatic heterocycles. The first-order valence-corrected chi connectivity index (χ1v) is 7.75. The van der Waals surface area contributed by atoms with Crippen LogP contribution in [0.3, 0.4) is 0 Å². The maximum absolute atomic E-state index is 12.0. The van der Waals surface area contributed by atoms with Crippen molar-refractivity contribution in [2.24, 2.45) is 11.8 Å². The smallest absolute Gasteiger partial charge is 0.279 e. The predicted molar refractivity (Wildman–Crippen MR) is 67.8 cm³/mol. The fourth-order valence-corrected chi connectivity index (χ4v) is 3.53. The van der Waals surface area contributed by atoms with Crippen LogP contribution in [0.2, 0.25) is 0 Å². The average Bonchev–Trinajstić information content (AvgIpc) is 2.27. The lowest BCUT2D eigenvalue weighted by atomic mass is 9.97. The van der Waals surface area contributed by atoms with Crippen LogP contribution in [0, 0.1) is 11.8 Å². The summed E-state index contributed by atoms with van der Waals surface area (Å²) >= 11 is 0. The Hall–Kier alpha value is -0.170. The molecule has 1 atom stereocenters. The Labute approximate surface area is 104 Å². The first-order chi connectivity index (χ1) is 7.95. The molecule has 0 spiro atoms. The maximum atomic E-state index is 12.0. The third-order valence-electron chi connectivity index (χ3n) is 3.03. The molecule has 0 aromatic rings. The van der Waals surface area contributed by atoms with Gasteiger partial charge in [0.25, 0.3) is 10.2 Å². The van der Waals surface area contributed by atoms with E-state index < -0.39 is 10.2 Å². The Morgan fingerprint density at radius 3 is 2.76 bits per heavy atom. The molecule has 17 heavy (non-hydrogen) atoms. The molecule has 0 radical (unpaired) electrons. The van der Waals surface area contributed by atoms with E-state index in [1.165, 1.54) is 4.31 Å². The van der Waals surface area contributed by atoms with Crippen LogP contribution in [-0.4, -0.2) is 44.1 Å². The van der Waals surface area contributed by atoms with E-state index in [-0.39, 0.29) is 6.61 Å². The number of hydrogen-bond donors (Lipinski definition) is 2. The maximum Gasteiger partial charge on any atom is 0.279 e. The monoisotopic (exact) mass is 264 g/mol. The second-order valence-corrected chi connectivity index (χ2v) is 6.88. The topological polar surface area (TPSA) is 69.6 Å². The quantitative estimate of drug-likeness (QED) is 0.737. The molecule has 0 saturated carbocycles. The highest BCUT2D eigenvalue weighted by molar-refractivity contribution is 7.87. The van der Waals surface area contributed by atoms with Gasteiger partial charge in [0.1, 0.15) is 0 Å². The van der Waals surface area contributed by atoms with Crippen LogP contribution in [0.25, 0.3) is 0 Å². The van der Waals surface area contributed by atoms with Crippen molar-refractivity contribution in [1.29, 1.82) is 0 Å². The molecule has 0 amide bonds. The minimum atomic E-state index is -3.33. The lowest BCUT2D eigenvalue weighted by Crippen LogP contribution is -2.46. The SMILES string of the molecule is CC(C)CNS(=O)(=O)N1CCCC(CCO)C1. The zero-order valence-corrected chi connectivity index (χ0v) is 11.5. The second-order valence-electron chi connectivity index (χ2n) is 5.13. The van der Waals surface area contributed by atoms with Crippen LogP contribution < -0.4 is 4.72 Å². The zero-order chi connectivity index (χ0) is 12.9. The van der Waals surface area contributed by atoms with Crippen LogP contribution in [0.4, 0.5) is 0 Å². The molecule has 0 bridgehead atoms. The molecule has 102 valence electrons. The van der Waals surface area contributed by atoms with Crippen LogP contribution in [-0.2, 0) is 10.2 Å². The highest BCUT2D eigenvalue weighted by Crippen LogP contribution is 2.20. The van der Waals surface area contributed by atoms with E-state index in [0.717, 1.165) is 12.8 Å². The van der Waals surface area contributed by atoms with Crippen molar-refractivity contribution in [3.05, 3.63) is 0 Å². The highest BCUT2D eigenvalue weighted by atomic mass is 32.2. The fourth-order valence-electron chi connectivity index (χ4n) is 2.03. The number of aliphatic hydroxyl groups is 1. The number of hydrogen-bond acceptors (Lipinski definition) is 3. The molecule has 2 N–H and O–H groups in total. The van der Waals surface area contributed by atoms with Gasteiger partial charge in [-0.25, -0.2) is 4.72 Å². The van der Waals surface area contributed by atoms with Crippen molar-refractivity contribution >= 4 is 10.2 Å². The summed E-state index contributed by atoms with van der Waals surface area (Å²) in [5.41, 5.74) is 0. The number of rotatable bonds is 6. The van der Waals surface area contributed by atoms with Crippen LogP contribution in [0.1, 0.15) is 33.1 Å². The minimum absolute atomic E-state index is 0.137. The number of piperidine rings is 1. The van der Waals surface area contributed by atoms with Gasteiger partial charge in [0.05, 0.1) is 0 Å². The average molecular weight is 264 g/mol. The summed E-state index contributed by atoms with van der Waals surface area (Å²) in [5, 5.41) is 8.90. The van der Waals surface area contributed by atoms with Gasteiger partial charge in [-0.3, -0.25) is 0 Å². The molecular weight excluding hydrogens is 240 g/mol. The number of nitrogens with zero attached hydrogens (tertiary/aromatic N) is 1. The highest BCUT2D eigenvalue weighted by Gasteiger charge is 2.28. The van der Waals surface area contributed by atoms with Crippen molar-refractivity contribution in [2.45, 2.75) is 33.1 Å². The Balaban J connectivity index is 2.52. The fraction of sp³-hybridized carbons (Fsp3) is 1.00. The molecule has 1 saturated heterocycles. The summed E-state index contributed by atoms with van der Waals surface area (Å²) in [6, 6.07) is 0. The molecule has 5 nitrogen and oxygen atoms in total. The van der Waals surface area contributed by atoms with E-state index in [1.807, 2.05) is 13.8 Å². The normalized spacial score (nSPS) is 23.2. The van der Waals surface area contributed by atoms with Crippen molar-refractivity contribution in [3.8, 4) is 0 Å². The van der Waals surface area contributed by atoms with Crippen molar-refractivity contribution in [2.75, 3.05) is 26.2 Å². The van der Waals surface area contributed by atoms with E-state index in [4.69, 9.17) is 5.11 Å². The predicted octanol–water partition coefficient (Wildman–Crippen LogP) is 0.571. The van der Waals surface area contributed by atoms with Gasteiger partial charge in [-0.2, -0.15) is 12.7 Å². The molecule has 6 heteroatoms. The van der Waals surface area contributed by atoms with Crippen molar-refractivity contribution in [1.82, 2.24) is 9.03 Å². The molecule has 1 fully saturated rings. The molecule has 0 aromatic carbocycles. The standard InChI is InChI=1S/C11H24N2O3S/c1-10(2)8-12-17(15,16)13-6-3-4-11(9-13)5-7-14/h10-12,14H,3-9H2,1-2H3. The molecule has 1 rings (SSSR count). The van der Waals surface area contributed by atoms with Gasteiger partial charge in [-0.1, -0.05) is 13.8 Å². The Bertz CT molecular complexity index is 315. The third-order valence-corrected chi connectivity index (χ3v) is 4.58. The Kier molecular flexibility index (Phi) is 5.85. The van der Waals surface area contributed by atoms with Gasteiger partial charge >= 0.3 is 0 Å². The van der Waals surface area contributed by atoms with E-state index >= 15 is 0 Å². The summed E-state index contributed by atoms with van der Waals surface area (Å²) in [7, 11) is -3.33. The van der Waals surface area contributed by atoms with Crippen LogP contribution in [0.15, 0.2) is 0 Å². The summed E-state index contributed by atoms with van der Waals surface area (Å²) in [6.07, 6.45) is 2.58. The second kappa shape index (κ2) is 6.68.